The van der Waals surface area contributed by atoms with Crippen molar-refractivity contribution in [1.82, 2.24) is 15.5 Å². The minimum Gasteiger partial charge on any atom is -0.368 e. The molecule has 0 radical (unpaired) electrons. The molecule has 1 aromatic carbocycles. The Morgan fingerprint density at radius 3 is 3.10 bits per heavy atom. The molecule has 106 valence electrons. The van der Waals surface area contributed by atoms with Crippen molar-refractivity contribution in [3.8, 4) is 0 Å². The van der Waals surface area contributed by atoms with Crippen LogP contribution >= 0.6 is 0 Å². The number of aromatic amines is 1. The predicted molar refractivity (Wildman–Crippen MR) is 76.6 cm³/mol. The van der Waals surface area contributed by atoms with Crippen molar-refractivity contribution in [2.45, 2.75) is 18.9 Å². The third-order valence-corrected chi connectivity index (χ3v) is 3.50. The predicted octanol–water partition coefficient (Wildman–Crippen LogP) is 1.27. The fourth-order valence-electron chi connectivity index (χ4n) is 2.42. The third kappa shape index (κ3) is 2.97. The van der Waals surface area contributed by atoms with Gasteiger partial charge in [0, 0.05) is 5.39 Å². The number of aromatic nitrogens is 2. The average Bonchev–Trinajstić information content (AvgIpc) is 2.96. The maximum atomic E-state index is 11.9. The Morgan fingerprint density at radius 2 is 2.25 bits per heavy atom. The van der Waals surface area contributed by atoms with Gasteiger partial charge in [0.1, 0.15) is 6.61 Å². The lowest BCUT2D eigenvalue weighted by Crippen LogP contribution is -2.34. The molecule has 2 heterocycles. The van der Waals surface area contributed by atoms with Crippen molar-refractivity contribution in [3.63, 3.8) is 0 Å². The highest BCUT2D eigenvalue weighted by Crippen LogP contribution is 2.20. The second-order valence-electron chi connectivity index (χ2n) is 4.95. The number of H-pyrrole nitrogens is 1. The van der Waals surface area contributed by atoms with Gasteiger partial charge < -0.3 is 15.4 Å². The molecule has 3 N–H and O–H groups in total. The summed E-state index contributed by atoms with van der Waals surface area (Å²) in [6.45, 7) is 2.01. The fourth-order valence-corrected chi connectivity index (χ4v) is 2.42. The molecule has 1 saturated heterocycles. The van der Waals surface area contributed by atoms with Crippen LogP contribution in [0.25, 0.3) is 10.9 Å². The van der Waals surface area contributed by atoms with Gasteiger partial charge in [-0.1, -0.05) is 6.07 Å². The van der Waals surface area contributed by atoms with Gasteiger partial charge in [-0.25, -0.2) is 0 Å². The van der Waals surface area contributed by atoms with Gasteiger partial charge in [0.25, 0.3) is 0 Å². The van der Waals surface area contributed by atoms with Crippen LogP contribution in [-0.4, -0.2) is 41.9 Å². The zero-order valence-corrected chi connectivity index (χ0v) is 11.2. The maximum absolute atomic E-state index is 11.9. The Morgan fingerprint density at radius 1 is 1.40 bits per heavy atom. The number of benzene rings is 1. The summed E-state index contributed by atoms with van der Waals surface area (Å²) in [4.78, 5) is 11.9. The fraction of sp³-hybridized carbons (Fsp3) is 0.429. The lowest BCUT2D eigenvalue weighted by atomic mass is 10.1. The first-order chi connectivity index (χ1) is 9.83. The highest BCUT2D eigenvalue weighted by atomic mass is 16.5. The summed E-state index contributed by atoms with van der Waals surface area (Å²) in [5.41, 5.74) is 1.66. The monoisotopic (exact) mass is 274 g/mol. The molecule has 0 bridgehead atoms. The van der Waals surface area contributed by atoms with E-state index in [0.29, 0.717) is 0 Å². The lowest BCUT2D eigenvalue weighted by Gasteiger charge is -2.22. The van der Waals surface area contributed by atoms with Gasteiger partial charge in [-0.15, -0.1) is 0 Å². The molecule has 0 aliphatic carbocycles. The van der Waals surface area contributed by atoms with Gasteiger partial charge in [-0.05, 0) is 38.1 Å². The molecule has 1 fully saturated rings. The summed E-state index contributed by atoms with van der Waals surface area (Å²) in [6.07, 6.45) is 3.82. The molecule has 0 spiro atoms. The Labute approximate surface area is 116 Å². The van der Waals surface area contributed by atoms with E-state index in [4.69, 9.17) is 4.74 Å². The van der Waals surface area contributed by atoms with Crippen molar-refractivity contribution in [1.29, 1.82) is 0 Å². The van der Waals surface area contributed by atoms with Gasteiger partial charge in [0.05, 0.1) is 23.5 Å². The van der Waals surface area contributed by atoms with Crippen molar-refractivity contribution >= 4 is 22.5 Å². The number of piperidine rings is 1. The van der Waals surface area contributed by atoms with Crippen molar-refractivity contribution in [2.24, 2.45) is 0 Å². The molecule has 1 aromatic heterocycles. The number of nitrogens with one attached hydrogen (secondary N) is 3. The molecule has 1 amide bonds. The number of hydrogen-bond donors (Lipinski definition) is 3. The summed E-state index contributed by atoms with van der Waals surface area (Å²) in [5.74, 6) is -0.128. The number of ether oxygens (including phenoxy) is 1. The molecule has 1 aliphatic rings. The van der Waals surface area contributed by atoms with Gasteiger partial charge in [-0.2, -0.15) is 5.10 Å². The molecule has 2 aromatic rings. The van der Waals surface area contributed by atoms with E-state index < -0.39 is 0 Å². The summed E-state index contributed by atoms with van der Waals surface area (Å²) in [5, 5.41) is 13.9. The highest BCUT2D eigenvalue weighted by Gasteiger charge is 2.15. The number of hydrogen-bond acceptors (Lipinski definition) is 4. The van der Waals surface area contributed by atoms with Gasteiger partial charge >= 0.3 is 0 Å². The topological polar surface area (TPSA) is 79.0 Å². The molecule has 0 saturated carbocycles. The second kappa shape index (κ2) is 6.02. The highest BCUT2D eigenvalue weighted by molar-refractivity contribution is 6.01. The molecule has 0 unspecified atom stereocenters. The Bertz CT molecular complexity index is 590. The molecule has 6 nitrogen and oxygen atoms in total. The summed E-state index contributed by atoms with van der Waals surface area (Å²) < 4.78 is 5.64. The number of fused-ring (bicyclic) bond motifs is 1. The lowest BCUT2D eigenvalue weighted by molar-refractivity contribution is -0.123. The van der Waals surface area contributed by atoms with Crippen LogP contribution in [0.5, 0.6) is 0 Å². The molecule has 20 heavy (non-hydrogen) atoms. The van der Waals surface area contributed by atoms with Crippen LogP contribution in [-0.2, 0) is 9.53 Å². The average molecular weight is 274 g/mol. The van der Waals surface area contributed by atoms with Crippen LogP contribution in [0.2, 0.25) is 0 Å². The van der Waals surface area contributed by atoms with E-state index in [2.05, 4.69) is 20.8 Å². The largest absolute Gasteiger partial charge is 0.368 e. The molecule has 3 rings (SSSR count). The van der Waals surface area contributed by atoms with Gasteiger partial charge in [0.15, 0.2) is 0 Å². The van der Waals surface area contributed by atoms with Crippen LogP contribution in [0.1, 0.15) is 12.8 Å². The van der Waals surface area contributed by atoms with Crippen LogP contribution in [0.3, 0.4) is 0 Å². The quantitative estimate of drug-likeness (QED) is 0.784. The van der Waals surface area contributed by atoms with Gasteiger partial charge in [-0.3, -0.25) is 9.89 Å². The number of carbonyl (C=O) groups excluding carboxylic acids is 1. The summed E-state index contributed by atoms with van der Waals surface area (Å²) in [7, 11) is 0. The third-order valence-electron chi connectivity index (χ3n) is 3.50. The van der Waals surface area contributed by atoms with Crippen molar-refractivity contribution in [3.05, 3.63) is 24.4 Å². The Hall–Kier alpha value is -1.92. The Kier molecular flexibility index (Phi) is 3.94. The van der Waals surface area contributed by atoms with Crippen LogP contribution in [0.4, 0.5) is 5.69 Å². The van der Waals surface area contributed by atoms with Crippen LogP contribution in [0.15, 0.2) is 24.4 Å². The molecular weight excluding hydrogens is 256 g/mol. The van der Waals surface area contributed by atoms with E-state index >= 15 is 0 Å². The van der Waals surface area contributed by atoms with E-state index in [9.17, 15) is 4.79 Å². The normalized spacial score (nSPS) is 16.4. The number of nitrogens with zero attached hydrogens (tertiary/aromatic N) is 1. The number of carbonyl (C=O) groups is 1. The first-order valence-corrected chi connectivity index (χ1v) is 6.87. The molecule has 0 atom stereocenters. The molecule has 1 aliphatic heterocycles. The SMILES string of the molecule is O=C(COC1CCNCC1)Nc1cccc2[nH]ncc12. The number of anilines is 1. The zero-order chi connectivity index (χ0) is 13.8. The smallest absolute Gasteiger partial charge is 0.250 e. The van der Waals surface area contributed by atoms with Crippen molar-refractivity contribution < 1.29 is 9.53 Å². The Balaban J connectivity index is 1.57. The minimum absolute atomic E-state index is 0.0961. The van der Waals surface area contributed by atoms with Crippen LogP contribution in [0, 0.1) is 0 Å². The summed E-state index contributed by atoms with van der Waals surface area (Å²) in [6, 6.07) is 5.66. The van der Waals surface area contributed by atoms with E-state index in [1.54, 1.807) is 6.20 Å². The van der Waals surface area contributed by atoms with Crippen LogP contribution < -0.4 is 10.6 Å². The van der Waals surface area contributed by atoms with E-state index in [-0.39, 0.29) is 18.6 Å². The van der Waals surface area contributed by atoms with E-state index in [1.807, 2.05) is 18.2 Å². The minimum atomic E-state index is -0.128. The van der Waals surface area contributed by atoms with Gasteiger partial charge in [0.2, 0.25) is 5.91 Å². The number of rotatable bonds is 4. The second-order valence-corrected chi connectivity index (χ2v) is 4.95. The zero-order valence-electron chi connectivity index (χ0n) is 11.2. The van der Waals surface area contributed by atoms with E-state index in [1.165, 1.54) is 0 Å². The first-order valence-electron chi connectivity index (χ1n) is 6.87. The summed E-state index contributed by atoms with van der Waals surface area (Å²) >= 11 is 0. The first kappa shape index (κ1) is 13.1. The molecule has 6 heteroatoms. The molecular formula is C14H18N4O2. The maximum Gasteiger partial charge on any atom is 0.250 e. The van der Waals surface area contributed by atoms with Crippen molar-refractivity contribution in [2.75, 3.05) is 25.0 Å². The number of amides is 1. The van der Waals surface area contributed by atoms with E-state index in [0.717, 1.165) is 42.5 Å². The standard InChI is InChI=1S/C14H18N4O2/c19-14(9-20-10-4-6-15-7-5-10)17-12-2-1-3-13-11(12)8-16-18-13/h1-3,8,10,15H,4-7,9H2,(H,16,18)(H,17,19).